The molecule has 0 saturated heterocycles. The van der Waals surface area contributed by atoms with Crippen LogP contribution in [-0.4, -0.2) is 7.04 Å². The molecular formula is C7H7IO. The second kappa shape index (κ2) is 3.06. The van der Waals surface area contributed by atoms with Gasteiger partial charge < -0.3 is 4.74 Å². The highest BCUT2D eigenvalue weighted by molar-refractivity contribution is 14.1. The van der Waals surface area contributed by atoms with E-state index in [1.807, 2.05) is 6.07 Å². The largest absolute Gasteiger partial charge is 0.497 e. The summed E-state index contributed by atoms with van der Waals surface area (Å²) in [5, 5.41) is 0. The molecule has 48 valence electrons. The topological polar surface area (TPSA) is 9.23 Å². The Bertz CT molecular complexity index is 272. The van der Waals surface area contributed by atoms with Gasteiger partial charge in [0.05, 0.1) is 11.2 Å². The zero-order valence-electron chi connectivity index (χ0n) is 7.60. The molecular weight excluding hydrogens is 228 g/mol. The molecule has 0 bridgehead atoms. The summed E-state index contributed by atoms with van der Waals surface area (Å²) in [5.74, 6) is 0.377. The van der Waals surface area contributed by atoms with Gasteiger partial charge in [0.2, 0.25) is 0 Å². The molecule has 0 radical (unpaired) electrons. The molecule has 0 unspecified atom stereocenters. The Morgan fingerprint density at radius 2 is 2.56 bits per heavy atom. The predicted octanol–water partition coefficient (Wildman–Crippen LogP) is 2.30. The fraction of sp³-hybridized carbons (Fsp3) is 0.143. The lowest BCUT2D eigenvalue weighted by atomic mass is 10.3. The molecule has 1 aromatic rings. The first kappa shape index (κ1) is 3.81. The maximum absolute atomic E-state index is 6.85. The van der Waals surface area contributed by atoms with Crippen LogP contribution in [0.2, 0.25) is 0 Å². The Morgan fingerprint density at radius 1 is 1.67 bits per heavy atom. The summed E-state index contributed by atoms with van der Waals surface area (Å²) >= 11 is 2.09. The Labute approximate surface area is 72.4 Å². The fourth-order valence-electron chi connectivity index (χ4n) is 0.530. The number of hydrogen-bond donors (Lipinski definition) is 0. The number of hydrogen-bond acceptors (Lipinski definition) is 1. The van der Waals surface area contributed by atoms with Gasteiger partial charge >= 0.3 is 0 Å². The standard InChI is InChI=1S/C7H7IO/c1-9-7-4-2-3-6(8)5-7/h2-5H,1H3/i1+1D3. The highest BCUT2D eigenvalue weighted by Gasteiger charge is 1.88. The lowest BCUT2D eigenvalue weighted by Gasteiger charge is -1.96. The lowest BCUT2D eigenvalue weighted by Crippen LogP contribution is -1.81. The van der Waals surface area contributed by atoms with Gasteiger partial charge in [-0.2, -0.15) is 0 Å². The van der Waals surface area contributed by atoms with Gasteiger partial charge in [0, 0.05) is 3.57 Å². The smallest absolute Gasteiger partial charge is 0.119 e. The molecule has 2 heteroatoms. The summed E-state index contributed by atoms with van der Waals surface area (Å²) in [6, 6.07) is 6.91. The minimum atomic E-state index is -2.36. The molecule has 0 N–H and O–H groups in total. The van der Waals surface area contributed by atoms with Crippen molar-refractivity contribution in [2.45, 2.75) is 0 Å². The van der Waals surface area contributed by atoms with Gasteiger partial charge in [-0.15, -0.1) is 0 Å². The maximum Gasteiger partial charge on any atom is 0.119 e. The van der Waals surface area contributed by atoms with E-state index in [0.29, 0.717) is 5.75 Å². The van der Waals surface area contributed by atoms with E-state index in [1.165, 1.54) is 0 Å². The van der Waals surface area contributed by atoms with Crippen molar-refractivity contribution in [1.29, 1.82) is 0 Å². The monoisotopic (exact) mass is 238 g/mol. The molecule has 1 nitrogen and oxygen atoms in total. The normalized spacial score (nSPS) is 15.4. The van der Waals surface area contributed by atoms with Gasteiger partial charge in [-0.25, -0.2) is 0 Å². The average Bonchev–Trinajstić information content (AvgIpc) is 1.82. The van der Waals surface area contributed by atoms with E-state index in [4.69, 9.17) is 4.11 Å². The molecule has 0 aliphatic heterocycles. The quantitative estimate of drug-likeness (QED) is 0.538. The van der Waals surface area contributed by atoms with Crippen LogP contribution < -0.4 is 4.74 Å². The number of rotatable bonds is 1. The molecule has 0 aromatic heterocycles. The summed E-state index contributed by atoms with van der Waals surface area (Å²) in [6.07, 6.45) is 0. The van der Waals surface area contributed by atoms with E-state index < -0.39 is 7.04 Å². The van der Waals surface area contributed by atoms with E-state index in [2.05, 4.69) is 27.3 Å². The van der Waals surface area contributed by atoms with E-state index in [1.54, 1.807) is 18.2 Å². The summed E-state index contributed by atoms with van der Waals surface area (Å²) < 4.78 is 26.2. The summed E-state index contributed by atoms with van der Waals surface area (Å²) in [4.78, 5) is 0. The molecule has 1 rings (SSSR count). The van der Waals surface area contributed by atoms with E-state index in [9.17, 15) is 0 Å². The molecule has 0 aliphatic rings. The van der Waals surface area contributed by atoms with Crippen LogP contribution in [-0.2, 0) is 0 Å². The van der Waals surface area contributed by atoms with E-state index in [-0.39, 0.29) is 0 Å². The summed E-state index contributed by atoms with van der Waals surface area (Å²) in [7, 11) is -2.36. The van der Waals surface area contributed by atoms with Crippen molar-refractivity contribution < 1.29 is 8.85 Å². The molecule has 0 aliphatic carbocycles. The van der Waals surface area contributed by atoms with Gasteiger partial charge in [0.25, 0.3) is 0 Å². The predicted molar refractivity (Wildman–Crippen MR) is 45.7 cm³/mol. The van der Waals surface area contributed by atoms with Crippen LogP contribution in [0.5, 0.6) is 5.75 Å². The molecule has 0 fully saturated rings. The second-order valence-electron chi connectivity index (χ2n) is 1.56. The first-order valence-electron chi connectivity index (χ1n) is 3.92. The van der Waals surface area contributed by atoms with Crippen molar-refractivity contribution in [3.63, 3.8) is 0 Å². The van der Waals surface area contributed by atoms with Gasteiger partial charge in [0.15, 0.2) is 0 Å². The number of benzene rings is 1. The maximum atomic E-state index is 6.85. The zero-order valence-corrected chi connectivity index (χ0v) is 6.75. The average molecular weight is 238 g/mol. The molecule has 0 heterocycles. The van der Waals surface area contributed by atoms with Crippen molar-refractivity contribution >= 4 is 22.6 Å². The molecule has 0 spiro atoms. The molecule has 1 aromatic carbocycles. The van der Waals surface area contributed by atoms with Gasteiger partial charge in [-0.1, -0.05) is 6.07 Å². The lowest BCUT2D eigenvalue weighted by molar-refractivity contribution is 0.414. The first-order valence-corrected chi connectivity index (χ1v) is 3.50. The van der Waals surface area contributed by atoms with Crippen LogP contribution in [0.1, 0.15) is 4.11 Å². The van der Waals surface area contributed by atoms with E-state index in [0.717, 1.165) is 3.57 Å². The van der Waals surface area contributed by atoms with Crippen molar-refractivity contribution in [1.82, 2.24) is 0 Å². The van der Waals surface area contributed by atoms with Crippen molar-refractivity contribution in [3.05, 3.63) is 27.8 Å². The van der Waals surface area contributed by atoms with Crippen molar-refractivity contribution in [2.24, 2.45) is 0 Å². The number of halogens is 1. The Balaban J connectivity index is 2.77. The number of methoxy groups -OCH3 is 1. The highest BCUT2D eigenvalue weighted by atomic mass is 127. The van der Waals surface area contributed by atoms with Crippen LogP contribution in [0.15, 0.2) is 24.3 Å². The third-order valence-corrected chi connectivity index (χ3v) is 1.58. The van der Waals surface area contributed by atoms with E-state index >= 15 is 0 Å². The number of ether oxygens (including phenoxy) is 1. The first-order chi connectivity index (χ1) is 5.47. The van der Waals surface area contributed by atoms with Crippen LogP contribution in [0.3, 0.4) is 0 Å². The second-order valence-corrected chi connectivity index (χ2v) is 2.81. The highest BCUT2D eigenvalue weighted by Crippen LogP contribution is 2.13. The van der Waals surface area contributed by atoms with Crippen LogP contribution in [0, 0.1) is 3.57 Å². The van der Waals surface area contributed by atoms with Crippen LogP contribution >= 0.6 is 22.6 Å². The summed E-state index contributed by atoms with van der Waals surface area (Å²) in [5.41, 5.74) is 0. The Kier molecular flexibility index (Phi) is 1.29. The van der Waals surface area contributed by atoms with Crippen molar-refractivity contribution in [3.8, 4) is 5.75 Å². The Morgan fingerprint density at radius 3 is 3.22 bits per heavy atom. The molecule has 0 saturated carbocycles. The SMILES string of the molecule is [2H][13C]([2H])([2H])Oc1cccc(I)c1. The minimum absolute atomic E-state index is 0.377. The van der Waals surface area contributed by atoms with Gasteiger partial charge in [-0.05, 0) is 40.8 Å². The van der Waals surface area contributed by atoms with Gasteiger partial charge in [-0.3, -0.25) is 0 Å². The van der Waals surface area contributed by atoms with Crippen LogP contribution in [0.4, 0.5) is 0 Å². The zero-order chi connectivity index (χ0) is 9.19. The molecule has 0 atom stereocenters. The third-order valence-electron chi connectivity index (χ3n) is 0.914. The fourth-order valence-corrected chi connectivity index (χ4v) is 1.05. The van der Waals surface area contributed by atoms with Crippen LogP contribution in [0.25, 0.3) is 0 Å². The minimum Gasteiger partial charge on any atom is -0.497 e. The molecule has 9 heavy (non-hydrogen) atoms. The summed E-state index contributed by atoms with van der Waals surface area (Å²) in [6.45, 7) is 0. The van der Waals surface area contributed by atoms with Gasteiger partial charge in [0.1, 0.15) is 5.75 Å². The third kappa shape index (κ3) is 1.86. The Hall–Kier alpha value is -0.250. The molecule has 0 amide bonds. The van der Waals surface area contributed by atoms with Crippen molar-refractivity contribution in [2.75, 3.05) is 7.04 Å².